The lowest BCUT2D eigenvalue weighted by Crippen LogP contribution is -2.31. The predicted molar refractivity (Wildman–Crippen MR) is 72.3 cm³/mol. The van der Waals surface area contributed by atoms with Gasteiger partial charge in [0.15, 0.2) is 0 Å². The first-order valence-electron chi connectivity index (χ1n) is 6.08. The number of ether oxygens (including phenoxy) is 1. The van der Waals surface area contributed by atoms with E-state index < -0.39 is 0 Å². The monoisotopic (exact) mass is 250 g/mol. The largest absolute Gasteiger partial charge is 0.493 e. The van der Waals surface area contributed by atoms with Gasteiger partial charge in [-0.25, -0.2) is 5.84 Å². The van der Waals surface area contributed by atoms with Gasteiger partial charge in [-0.15, -0.1) is 0 Å². The van der Waals surface area contributed by atoms with Gasteiger partial charge in [-0.1, -0.05) is 38.5 Å². The zero-order valence-electron chi connectivity index (χ0n) is 11.5. The lowest BCUT2D eigenvalue weighted by molar-refractivity contribution is -0.121. The normalized spacial score (nSPS) is 11.2. The number of carbonyl (C=O) groups is 1. The summed E-state index contributed by atoms with van der Waals surface area (Å²) in [7, 11) is 0. The molecule has 0 atom stereocenters. The van der Waals surface area contributed by atoms with Crippen LogP contribution in [0.5, 0.6) is 5.75 Å². The first-order valence-corrected chi connectivity index (χ1v) is 6.08. The quantitative estimate of drug-likeness (QED) is 0.488. The number of nitrogens with one attached hydrogen (secondary N) is 1. The zero-order valence-corrected chi connectivity index (χ0v) is 11.5. The average Bonchev–Trinajstić information content (AvgIpc) is 2.29. The second-order valence-electron chi connectivity index (χ2n) is 5.42. The molecular formula is C14H22N2O2. The smallest absolute Gasteiger partial charge is 0.237 e. The van der Waals surface area contributed by atoms with E-state index in [0.29, 0.717) is 6.61 Å². The van der Waals surface area contributed by atoms with Gasteiger partial charge < -0.3 is 4.74 Å². The topological polar surface area (TPSA) is 64.3 Å². The molecule has 0 fully saturated rings. The molecule has 0 aromatic heterocycles. The Kier molecular flexibility index (Phi) is 4.73. The molecule has 1 amide bonds. The van der Waals surface area contributed by atoms with Gasteiger partial charge in [0.2, 0.25) is 5.91 Å². The Labute approximate surface area is 108 Å². The van der Waals surface area contributed by atoms with Crippen LogP contribution in [-0.2, 0) is 10.2 Å². The molecule has 1 aromatic carbocycles. The van der Waals surface area contributed by atoms with Crippen LogP contribution in [0, 0.1) is 6.92 Å². The molecule has 0 aliphatic heterocycles. The number of hydrogen-bond donors (Lipinski definition) is 2. The van der Waals surface area contributed by atoms with Crippen molar-refractivity contribution in [3.05, 3.63) is 29.3 Å². The average molecular weight is 250 g/mol. The van der Waals surface area contributed by atoms with Crippen LogP contribution in [-0.4, -0.2) is 12.5 Å². The van der Waals surface area contributed by atoms with Crippen LogP contribution in [0.1, 0.15) is 38.3 Å². The molecule has 0 aliphatic rings. The second kappa shape index (κ2) is 5.87. The Morgan fingerprint density at radius 3 is 2.61 bits per heavy atom. The Bertz CT molecular complexity index is 422. The third kappa shape index (κ3) is 4.04. The van der Waals surface area contributed by atoms with Crippen LogP contribution in [0.15, 0.2) is 18.2 Å². The molecule has 1 rings (SSSR count). The molecule has 4 nitrogen and oxygen atoms in total. The van der Waals surface area contributed by atoms with Crippen molar-refractivity contribution in [3.63, 3.8) is 0 Å². The Morgan fingerprint density at radius 2 is 2.06 bits per heavy atom. The standard InChI is InChI=1S/C14H22N2O2/c1-10-5-6-12(11(9-10)14(2,3)4)18-8-7-13(17)16-15/h5-6,9H,7-8,15H2,1-4H3,(H,16,17). The van der Waals surface area contributed by atoms with Crippen LogP contribution >= 0.6 is 0 Å². The number of hydrogen-bond acceptors (Lipinski definition) is 3. The molecule has 0 radical (unpaired) electrons. The first-order chi connectivity index (χ1) is 8.34. The third-order valence-corrected chi connectivity index (χ3v) is 2.69. The molecule has 0 saturated heterocycles. The van der Waals surface area contributed by atoms with E-state index in [-0.39, 0.29) is 17.7 Å². The maximum atomic E-state index is 11.0. The van der Waals surface area contributed by atoms with Crippen molar-refractivity contribution in [1.29, 1.82) is 0 Å². The van der Waals surface area contributed by atoms with Crippen molar-refractivity contribution < 1.29 is 9.53 Å². The van der Waals surface area contributed by atoms with Gasteiger partial charge in [-0.3, -0.25) is 10.2 Å². The van der Waals surface area contributed by atoms with Crippen LogP contribution in [0.25, 0.3) is 0 Å². The molecule has 1 aromatic rings. The van der Waals surface area contributed by atoms with Gasteiger partial charge in [0.25, 0.3) is 0 Å². The van der Waals surface area contributed by atoms with Gasteiger partial charge in [0.05, 0.1) is 13.0 Å². The number of rotatable bonds is 4. The summed E-state index contributed by atoms with van der Waals surface area (Å²) >= 11 is 0. The van der Waals surface area contributed by atoms with E-state index in [0.717, 1.165) is 11.3 Å². The van der Waals surface area contributed by atoms with Crippen LogP contribution in [0.4, 0.5) is 0 Å². The zero-order chi connectivity index (χ0) is 13.8. The minimum Gasteiger partial charge on any atom is -0.493 e. The van der Waals surface area contributed by atoms with Crippen molar-refractivity contribution in [1.82, 2.24) is 5.43 Å². The van der Waals surface area contributed by atoms with E-state index in [2.05, 4.69) is 39.2 Å². The highest BCUT2D eigenvalue weighted by molar-refractivity contribution is 5.75. The molecule has 0 bridgehead atoms. The Balaban J connectivity index is 2.79. The van der Waals surface area contributed by atoms with Gasteiger partial charge in [0.1, 0.15) is 5.75 Å². The summed E-state index contributed by atoms with van der Waals surface area (Å²) in [6, 6.07) is 6.09. The number of aryl methyl sites for hydroxylation is 1. The van der Waals surface area contributed by atoms with Crippen molar-refractivity contribution in [3.8, 4) is 5.75 Å². The van der Waals surface area contributed by atoms with E-state index in [1.54, 1.807) is 0 Å². The molecule has 0 spiro atoms. The molecule has 100 valence electrons. The first kappa shape index (κ1) is 14.5. The molecule has 0 saturated carbocycles. The molecule has 0 unspecified atom stereocenters. The highest BCUT2D eigenvalue weighted by atomic mass is 16.5. The SMILES string of the molecule is Cc1ccc(OCCC(=O)NN)c(C(C)(C)C)c1. The van der Waals surface area contributed by atoms with Crippen molar-refractivity contribution >= 4 is 5.91 Å². The summed E-state index contributed by atoms with van der Waals surface area (Å²) in [5.74, 6) is 5.62. The molecule has 4 heteroatoms. The van der Waals surface area contributed by atoms with Crippen molar-refractivity contribution in [2.24, 2.45) is 5.84 Å². The molecular weight excluding hydrogens is 228 g/mol. The summed E-state index contributed by atoms with van der Waals surface area (Å²) in [5, 5.41) is 0. The minimum atomic E-state index is -0.223. The maximum Gasteiger partial charge on any atom is 0.237 e. The van der Waals surface area contributed by atoms with Gasteiger partial charge in [-0.2, -0.15) is 0 Å². The molecule has 0 heterocycles. The summed E-state index contributed by atoms with van der Waals surface area (Å²) < 4.78 is 5.67. The second-order valence-corrected chi connectivity index (χ2v) is 5.42. The van der Waals surface area contributed by atoms with E-state index in [1.165, 1.54) is 5.56 Å². The summed E-state index contributed by atoms with van der Waals surface area (Å²) in [6.07, 6.45) is 0.258. The number of carbonyl (C=O) groups excluding carboxylic acids is 1. The van der Waals surface area contributed by atoms with Gasteiger partial charge in [-0.05, 0) is 24.0 Å². The summed E-state index contributed by atoms with van der Waals surface area (Å²) in [4.78, 5) is 11.0. The number of hydrazine groups is 1. The third-order valence-electron chi connectivity index (χ3n) is 2.69. The van der Waals surface area contributed by atoms with E-state index in [9.17, 15) is 4.79 Å². The summed E-state index contributed by atoms with van der Waals surface area (Å²) in [5.41, 5.74) is 4.45. The Hall–Kier alpha value is -1.55. The minimum absolute atomic E-state index is 0.0114. The van der Waals surface area contributed by atoms with E-state index in [4.69, 9.17) is 10.6 Å². The fourth-order valence-electron chi connectivity index (χ4n) is 1.68. The lowest BCUT2D eigenvalue weighted by atomic mass is 9.85. The van der Waals surface area contributed by atoms with Crippen LogP contribution < -0.4 is 16.0 Å². The van der Waals surface area contributed by atoms with Crippen LogP contribution in [0.2, 0.25) is 0 Å². The number of benzene rings is 1. The van der Waals surface area contributed by atoms with Crippen molar-refractivity contribution in [2.75, 3.05) is 6.61 Å². The highest BCUT2D eigenvalue weighted by Gasteiger charge is 2.19. The van der Waals surface area contributed by atoms with Crippen molar-refractivity contribution in [2.45, 2.75) is 39.5 Å². The van der Waals surface area contributed by atoms with Gasteiger partial charge >= 0.3 is 0 Å². The molecule has 0 aliphatic carbocycles. The highest BCUT2D eigenvalue weighted by Crippen LogP contribution is 2.32. The van der Waals surface area contributed by atoms with E-state index in [1.807, 2.05) is 12.1 Å². The number of amides is 1. The van der Waals surface area contributed by atoms with Crippen LogP contribution in [0.3, 0.4) is 0 Å². The molecule has 18 heavy (non-hydrogen) atoms. The fraction of sp³-hybridized carbons (Fsp3) is 0.500. The lowest BCUT2D eigenvalue weighted by Gasteiger charge is -2.23. The molecule has 3 N–H and O–H groups in total. The predicted octanol–water partition coefficient (Wildman–Crippen LogP) is 2.05. The van der Waals surface area contributed by atoms with Gasteiger partial charge in [0, 0.05) is 0 Å². The fourth-order valence-corrected chi connectivity index (χ4v) is 1.68. The van der Waals surface area contributed by atoms with E-state index >= 15 is 0 Å². The Morgan fingerprint density at radius 1 is 1.39 bits per heavy atom. The maximum absolute atomic E-state index is 11.0. The number of nitrogens with two attached hydrogens (primary N) is 1. The summed E-state index contributed by atoms with van der Waals surface area (Å²) in [6.45, 7) is 8.81.